The summed E-state index contributed by atoms with van der Waals surface area (Å²) in [6, 6.07) is 4.17. The Bertz CT molecular complexity index is 453. The molecule has 1 aliphatic carbocycles. The van der Waals surface area contributed by atoms with Crippen molar-refractivity contribution in [2.24, 2.45) is 0 Å². The summed E-state index contributed by atoms with van der Waals surface area (Å²) in [6.45, 7) is 8.21. The van der Waals surface area contributed by atoms with Gasteiger partial charge in [0, 0.05) is 0 Å². The monoisotopic (exact) mass is 242 g/mol. The third kappa shape index (κ3) is 1.96. The first kappa shape index (κ1) is 12.5. The van der Waals surface area contributed by atoms with Gasteiger partial charge in [-0.1, -0.05) is 33.8 Å². The molecule has 0 aliphatic heterocycles. The summed E-state index contributed by atoms with van der Waals surface area (Å²) in [6.07, 6.45) is -3.37. The maximum absolute atomic E-state index is 12.7. The summed E-state index contributed by atoms with van der Waals surface area (Å²) < 4.78 is 38.1. The van der Waals surface area contributed by atoms with Gasteiger partial charge >= 0.3 is 6.18 Å². The van der Waals surface area contributed by atoms with Crippen LogP contribution in [0.2, 0.25) is 0 Å². The lowest BCUT2D eigenvalue weighted by Gasteiger charge is -2.22. The molecule has 0 amide bonds. The maximum atomic E-state index is 12.7. The third-order valence-corrected chi connectivity index (χ3v) is 3.69. The van der Waals surface area contributed by atoms with Crippen molar-refractivity contribution in [2.45, 2.75) is 51.1 Å². The molecule has 1 aromatic rings. The second kappa shape index (κ2) is 3.27. The molecule has 0 N–H and O–H groups in total. The molecule has 0 bridgehead atoms. The Hall–Kier alpha value is -0.990. The first-order chi connectivity index (χ1) is 7.54. The van der Waals surface area contributed by atoms with E-state index in [-0.39, 0.29) is 10.8 Å². The van der Waals surface area contributed by atoms with E-state index in [1.807, 2.05) is 13.8 Å². The zero-order valence-electron chi connectivity index (χ0n) is 10.6. The summed E-state index contributed by atoms with van der Waals surface area (Å²) in [4.78, 5) is 0. The van der Waals surface area contributed by atoms with Crippen LogP contribution >= 0.6 is 0 Å². The van der Waals surface area contributed by atoms with Crippen molar-refractivity contribution in [2.75, 3.05) is 0 Å². The Morgan fingerprint density at radius 2 is 1.47 bits per heavy atom. The summed E-state index contributed by atoms with van der Waals surface area (Å²) >= 11 is 0. The smallest absolute Gasteiger partial charge is 0.166 e. The number of hydrogen-bond donors (Lipinski definition) is 0. The van der Waals surface area contributed by atoms with Crippen LogP contribution in [-0.2, 0) is 17.0 Å². The highest BCUT2D eigenvalue weighted by Gasteiger charge is 2.43. The van der Waals surface area contributed by atoms with Gasteiger partial charge in [-0.3, -0.25) is 0 Å². The highest BCUT2D eigenvalue weighted by atomic mass is 19.4. The standard InChI is InChI=1S/C14H17F3/c1-12(2)8-13(3,4)11-7-9(14(15,16)17)5-6-10(11)12/h5-7H,8H2,1-4H3. The fourth-order valence-electron chi connectivity index (χ4n) is 3.17. The zero-order chi connectivity index (χ0) is 13.1. The number of fused-ring (bicyclic) bond motifs is 1. The van der Waals surface area contributed by atoms with E-state index in [0.717, 1.165) is 17.5 Å². The molecule has 2 rings (SSSR count). The van der Waals surface area contributed by atoms with Gasteiger partial charge in [-0.15, -0.1) is 0 Å². The average molecular weight is 242 g/mol. The van der Waals surface area contributed by atoms with Gasteiger partial charge in [0.15, 0.2) is 0 Å². The fraction of sp³-hybridized carbons (Fsp3) is 0.571. The van der Waals surface area contributed by atoms with Gasteiger partial charge in [0.1, 0.15) is 0 Å². The summed E-state index contributed by atoms with van der Waals surface area (Å²) in [5, 5.41) is 0. The van der Waals surface area contributed by atoms with Gasteiger partial charge < -0.3 is 0 Å². The highest BCUT2D eigenvalue weighted by molar-refractivity contribution is 5.47. The SMILES string of the molecule is CC1(C)CC(C)(C)c2cc(C(F)(F)F)ccc21. The molecule has 0 unspecified atom stereocenters. The minimum Gasteiger partial charge on any atom is -0.166 e. The lowest BCUT2D eigenvalue weighted by Crippen LogP contribution is -2.18. The van der Waals surface area contributed by atoms with E-state index in [9.17, 15) is 13.2 Å². The molecule has 3 heteroatoms. The van der Waals surface area contributed by atoms with Gasteiger partial charge in [-0.25, -0.2) is 0 Å². The van der Waals surface area contributed by atoms with Crippen molar-refractivity contribution in [1.29, 1.82) is 0 Å². The van der Waals surface area contributed by atoms with E-state index in [1.54, 1.807) is 6.07 Å². The first-order valence-corrected chi connectivity index (χ1v) is 5.76. The zero-order valence-corrected chi connectivity index (χ0v) is 10.6. The molecule has 0 fully saturated rings. The van der Waals surface area contributed by atoms with E-state index in [2.05, 4.69) is 13.8 Å². The molecule has 0 aromatic heterocycles. The molecule has 0 heterocycles. The quantitative estimate of drug-likeness (QED) is 0.620. The molecule has 0 atom stereocenters. The Labute approximate surface area is 99.8 Å². The van der Waals surface area contributed by atoms with Gasteiger partial charge in [-0.05, 0) is 40.5 Å². The van der Waals surface area contributed by atoms with Gasteiger partial charge in [-0.2, -0.15) is 13.2 Å². The van der Waals surface area contributed by atoms with Crippen LogP contribution in [0.5, 0.6) is 0 Å². The van der Waals surface area contributed by atoms with E-state index in [1.165, 1.54) is 12.1 Å². The van der Waals surface area contributed by atoms with E-state index in [0.29, 0.717) is 0 Å². The van der Waals surface area contributed by atoms with Crippen LogP contribution < -0.4 is 0 Å². The molecule has 0 saturated heterocycles. The first-order valence-electron chi connectivity index (χ1n) is 5.76. The van der Waals surface area contributed by atoms with Crippen LogP contribution in [0.15, 0.2) is 18.2 Å². The minimum atomic E-state index is -4.25. The van der Waals surface area contributed by atoms with Crippen LogP contribution in [0.1, 0.15) is 50.8 Å². The fourth-order valence-corrected chi connectivity index (χ4v) is 3.17. The second-order valence-corrected chi connectivity index (χ2v) is 6.20. The van der Waals surface area contributed by atoms with Crippen molar-refractivity contribution in [3.63, 3.8) is 0 Å². The topological polar surface area (TPSA) is 0 Å². The molecule has 1 aromatic carbocycles. The second-order valence-electron chi connectivity index (χ2n) is 6.20. The van der Waals surface area contributed by atoms with Gasteiger partial charge in [0.25, 0.3) is 0 Å². The molecule has 0 saturated carbocycles. The van der Waals surface area contributed by atoms with Crippen molar-refractivity contribution in [3.05, 3.63) is 34.9 Å². The van der Waals surface area contributed by atoms with Crippen LogP contribution in [0.4, 0.5) is 13.2 Å². The Morgan fingerprint density at radius 3 is 2.00 bits per heavy atom. The Kier molecular flexibility index (Phi) is 2.40. The molecule has 0 radical (unpaired) electrons. The maximum Gasteiger partial charge on any atom is 0.416 e. The third-order valence-electron chi connectivity index (χ3n) is 3.69. The van der Waals surface area contributed by atoms with Gasteiger partial charge in [0.2, 0.25) is 0 Å². The number of benzene rings is 1. The highest BCUT2D eigenvalue weighted by Crippen LogP contribution is 2.50. The lowest BCUT2D eigenvalue weighted by molar-refractivity contribution is -0.137. The van der Waals surface area contributed by atoms with E-state index < -0.39 is 11.7 Å². The van der Waals surface area contributed by atoms with E-state index >= 15 is 0 Å². The van der Waals surface area contributed by atoms with Gasteiger partial charge in [0.05, 0.1) is 5.56 Å². The Morgan fingerprint density at radius 1 is 0.941 bits per heavy atom. The molecular weight excluding hydrogens is 225 g/mol. The molecule has 0 nitrogen and oxygen atoms in total. The largest absolute Gasteiger partial charge is 0.416 e. The Balaban J connectivity index is 2.61. The average Bonchev–Trinajstić information content (AvgIpc) is 2.31. The number of rotatable bonds is 0. The minimum absolute atomic E-state index is 0.0387. The van der Waals surface area contributed by atoms with Crippen LogP contribution in [0.25, 0.3) is 0 Å². The van der Waals surface area contributed by atoms with Crippen LogP contribution in [-0.4, -0.2) is 0 Å². The predicted octanol–water partition coefficient (Wildman–Crippen LogP) is 4.66. The number of hydrogen-bond acceptors (Lipinski definition) is 0. The van der Waals surface area contributed by atoms with Crippen molar-refractivity contribution < 1.29 is 13.2 Å². The molecule has 1 aliphatic rings. The van der Waals surface area contributed by atoms with E-state index in [4.69, 9.17) is 0 Å². The molecule has 17 heavy (non-hydrogen) atoms. The lowest BCUT2D eigenvalue weighted by atomic mass is 9.82. The number of halogens is 3. The summed E-state index contributed by atoms with van der Waals surface area (Å²) in [5.41, 5.74) is 1.14. The molecule has 0 spiro atoms. The van der Waals surface area contributed by atoms with Crippen LogP contribution in [0.3, 0.4) is 0 Å². The summed E-state index contributed by atoms with van der Waals surface area (Å²) in [5.74, 6) is 0. The molecule has 94 valence electrons. The summed E-state index contributed by atoms with van der Waals surface area (Å²) in [7, 11) is 0. The van der Waals surface area contributed by atoms with Crippen molar-refractivity contribution in [3.8, 4) is 0 Å². The molecular formula is C14H17F3. The van der Waals surface area contributed by atoms with Crippen molar-refractivity contribution >= 4 is 0 Å². The number of alkyl halides is 3. The predicted molar refractivity (Wildman–Crippen MR) is 62.1 cm³/mol. The van der Waals surface area contributed by atoms with Crippen LogP contribution in [0, 0.1) is 0 Å². The van der Waals surface area contributed by atoms with Crippen molar-refractivity contribution in [1.82, 2.24) is 0 Å². The normalized spacial score (nSPS) is 21.4.